The number of piperidine rings is 1. The van der Waals surface area contributed by atoms with E-state index < -0.39 is 28.9 Å². The number of likely N-dealkylation sites (tertiary alicyclic amines) is 1. The third-order valence-electron chi connectivity index (χ3n) is 5.03. The van der Waals surface area contributed by atoms with E-state index >= 15 is 0 Å². The molecule has 0 spiro atoms. The van der Waals surface area contributed by atoms with Crippen molar-refractivity contribution in [3.8, 4) is 0 Å². The summed E-state index contributed by atoms with van der Waals surface area (Å²) < 4.78 is 42.1. The quantitative estimate of drug-likeness (QED) is 0.634. The van der Waals surface area contributed by atoms with Crippen LogP contribution in [0, 0.1) is 17.5 Å². The highest BCUT2D eigenvalue weighted by atomic mass is 19.2. The lowest BCUT2D eigenvalue weighted by atomic mass is 10.0. The van der Waals surface area contributed by atoms with Gasteiger partial charge in [0.25, 0.3) is 11.5 Å². The van der Waals surface area contributed by atoms with Crippen LogP contribution in [0.15, 0.2) is 47.5 Å². The van der Waals surface area contributed by atoms with Gasteiger partial charge >= 0.3 is 0 Å². The van der Waals surface area contributed by atoms with Crippen LogP contribution in [0.3, 0.4) is 0 Å². The first-order valence-electron chi connectivity index (χ1n) is 8.86. The molecule has 2 heterocycles. The summed E-state index contributed by atoms with van der Waals surface area (Å²) in [5.41, 5.74) is -0.163. The molecule has 0 aliphatic carbocycles. The molecule has 0 bridgehead atoms. The Labute approximate surface area is 158 Å². The number of amides is 1. The van der Waals surface area contributed by atoms with Crippen molar-refractivity contribution in [2.45, 2.75) is 18.9 Å². The van der Waals surface area contributed by atoms with Crippen molar-refractivity contribution in [2.75, 3.05) is 13.1 Å². The molecule has 28 heavy (non-hydrogen) atoms. The van der Waals surface area contributed by atoms with Crippen LogP contribution in [0.25, 0.3) is 10.9 Å². The molecule has 3 aromatic rings. The first kappa shape index (κ1) is 18.2. The van der Waals surface area contributed by atoms with Crippen molar-refractivity contribution in [3.63, 3.8) is 0 Å². The number of carbonyl (C=O) groups excluding carboxylic acids is 1. The van der Waals surface area contributed by atoms with E-state index in [0.29, 0.717) is 30.3 Å². The minimum Gasteiger partial charge on any atom is -0.336 e. The van der Waals surface area contributed by atoms with Gasteiger partial charge in [0, 0.05) is 13.1 Å². The van der Waals surface area contributed by atoms with Crippen molar-refractivity contribution >= 4 is 16.8 Å². The second-order valence-corrected chi connectivity index (χ2v) is 6.74. The number of hydrogen-bond acceptors (Lipinski definition) is 3. The van der Waals surface area contributed by atoms with Crippen LogP contribution in [-0.2, 0) is 0 Å². The maximum absolute atomic E-state index is 14.0. The molecule has 8 heteroatoms. The van der Waals surface area contributed by atoms with E-state index in [4.69, 9.17) is 0 Å². The molecular weight excluding hydrogens is 371 g/mol. The Balaban J connectivity index is 1.64. The number of aromatic nitrogens is 2. The molecule has 1 amide bonds. The predicted molar refractivity (Wildman–Crippen MR) is 96.5 cm³/mol. The molecule has 1 atom stereocenters. The third-order valence-corrected chi connectivity index (χ3v) is 5.03. The minimum atomic E-state index is -1.67. The Morgan fingerprint density at radius 3 is 2.68 bits per heavy atom. The molecule has 1 saturated heterocycles. The molecule has 0 radical (unpaired) electrons. The van der Waals surface area contributed by atoms with Gasteiger partial charge in [-0.15, -0.1) is 0 Å². The largest absolute Gasteiger partial charge is 0.336 e. The highest BCUT2D eigenvalue weighted by Crippen LogP contribution is 2.24. The summed E-state index contributed by atoms with van der Waals surface area (Å²) in [6.45, 7) is 0.487. The second-order valence-electron chi connectivity index (χ2n) is 6.74. The fraction of sp³-hybridized carbons (Fsp3) is 0.250. The standard InChI is InChI=1S/C20H16F3N3O2/c21-15-8-7-14(17(22)18(15)23)19(27)25-9-3-4-12(10-25)26-11-24-16-6-2-1-5-13(16)20(26)28/h1-2,5-8,11-12H,3-4,9-10H2. The van der Waals surface area contributed by atoms with E-state index in [1.54, 1.807) is 24.3 Å². The van der Waals surface area contributed by atoms with Gasteiger partial charge in [0.2, 0.25) is 0 Å². The van der Waals surface area contributed by atoms with E-state index in [1.165, 1.54) is 15.8 Å². The van der Waals surface area contributed by atoms with E-state index in [2.05, 4.69) is 4.98 Å². The molecule has 144 valence electrons. The summed E-state index contributed by atoms with van der Waals surface area (Å²) in [6.07, 6.45) is 2.67. The van der Waals surface area contributed by atoms with Gasteiger partial charge in [0.1, 0.15) is 0 Å². The Hall–Kier alpha value is -3.16. The van der Waals surface area contributed by atoms with Gasteiger partial charge in [0.05, 0.1) is 28.8 Å². The van der Waals surface area contributed by atoms with Crippen molar-refractivity contribution in [1.29, 1.82) is 0 Å². The summed E-state index contributed by atoms with van der Waals surface area (Å²) in [7, 11) is 0. The number of para-hydroxylation sites is 1. The number of hydrogen-bond donors (Lipinski definition) is 0. The van der Waals surface area contributed by atoms with Crippen molar-refractivity contribution < 1.29 is 18.0 Å². The normalized spacial score (nSPS) is 17.1. The zero-order chi connectivity index (χ0) is 19.8. The number of halogens is 3. The third kappa shape index (κ3) is 3.04. The van der Waals surface area contributed by atoms with Crippen LogP contribution in [0.5, 0.6) is 0 Å². The van der Waals surface area contributed by atoms with Gasteiger partial charge in [-0.3, -0.25) is 14.2 Å². The summed E-state index contributed by atoms with van der Waals surface area (Å²) in [5.74, 6) is -5.26. The van der Waals surface area contributed by atoms with E-state index in [-0.39, 0.29) is 18.1 Å². The number of nitrogens with zero attached hydrogens (tertiary/aromatic N) is 3. The lowest BCUT2D eigenvalue weighted by Crippen LogP contribution is -2.43. The topological polar surface area (TPSA) is 55.2 Å². The van der Waals surface area contributed by atoms with Gasteiger partial charge in [-0.2, -0.15) is 0 Å². The SMILES string of the molecule is O=C(c1ccc(F)c(F)c1F)N1CCCC(n2cnc3ccccc3c2=O)C1. The van der Waals surface area contributed by atoms with Crippen LogP contribution in [0.4, 0.5) is 13.2 Å². The average Bonchev–Trinajstić information content (AvgIpc) is 2.72. The van der Waals surface area contributed by atoms with Crippen LogP contribution < -0.4 is 5.56 Å². The van der Waals surface area contributed by atoms with Crippen molar-refractivity contribution in [3.05, 3.63) is 76.1 Å². The molecule has 4 rings (SSSR count). The average molecular weight is 387 g/mol. The van der Waals surface area contributed by atoms with Gasteiger partial charge in [-0.25, -0.2) is 18.2 Å². The van der Waals surface area contributed by atoms with E-state index in [1.807, 2.05) is 0 Å². The summed E-state index contributed by atoms with van der Waals surface area (Å²) in [6, 6.07) is 8.28. The Morgan fingerprint density at radius 1 is 1.07 bits per heavy atom. The predicted octanol–water partition coefficient (Wildman–Crippen LogP) is 3.29. The highest BCUT2D eigenvalue weighted by molar-refractivity contribution is 5.94. The molecule has 1 unspecified atom stereocenters. The number of fused-ring (bicyclic) bond motifs is 1. The molecular formula is C20H16F3N3O2. The highest BCUT2D eigenvalue weighted by Gasteiger charge is 2.29. The monoisotopic (exact) mass is 387 g/mol. The molecule has 0 N–H and O–H groups in total. The van der Waals surface area contributed by atoms with Crippen LogP contribution in [0.2, 0.25) is 0 Å². The minimum absolute atomic E-state index is 0.150. The van der Waals surface area contributed by atoms with Gasteiger partial charge in [-0.1, -0.05) is 12.1 Å². The number of rotatable bonds is 2. The van der Waals surface area contributed by atoms with Crippen molar-refractivity contribution in [2.24, 2.45) is 0 Å². The molecule has 2 aromatic carbocycles. The Bertz CT molecular complexity index is 1130. The first-order chi connectivity index (χ1) is 13.5. The molecule has 1 aromatic heterocycles. The van der Waals surface area contributed by atoms with Gasteiger partial charge < -0.3 is 4.90 Å². The van der Waals surface area contributed by atoms with Crippen LogP contribution in [0.1, 0.15) is 29.2 Å². The summed E-state index contributed by atoms with van der Waals surface area (Å²) in [4.78, 5) is 31.1. The number of benzene rings is 2. The van der Waals surface area contributed by atoms with Crippen LogP contribution >= 0.6 is 0 Å². The molecule has 1 aliphatic rings. The molecule has 5 nitrogen and oxygen atoms in total. The zero-order valence-electron chi connectivity index (χ0n) is 14.7. The second kappa shape index (κ2) is 7.10. The van der Waals surface area contributed by atoms with Gasteiger partial charge in [-0.05, 0) is 37.1 Å². The molecule has 1 aliphatic heterocycles. The van der Waals surface area contributed by atoms with Crippen LogP contribution in [-0.4, -0.2) is 33.4 Å². The van der Waals surface area contributed by atoms with E-state index in [9.17, 15) is 22.8 Å². The summed E-state index contributed by atoms with van der Waals surface area (Å²) in [5, 5.41) is 0.472. The lowest BCUT2D eigenvalue weighted by Gasteiger charge is -2.33. The fourth-order valence-electron chi connectivity index (χ4n) is 3.57. The maximum atomic E-state index is 14.0. The Morgan fingerprint density at radius 2 is 1.86 bits per heavy atom. The smallest absolute Gasteiger partial charge is 0.261 e. The molecule has 0 saturated carbocycles. The zero-order valence-corrected chi connectivity index (χ0v) is 14.7. The van der Waals surface area contributed by atoms with Crippen molar-refractivity contribution in [1.82, 2.24) is 14.5 Å². The lowest BCUT2D eigenvalue weighted by molar-refractivity contribution is 0.0671. The maximum Gasteiger partial charge on any atom is 0.261 e. The Kier molecular flexibility index (Phi) is 4.62. The summed E-state index contributed by atoms with van der Waals surface area (Å²) >= 11 is 0. The fourth-order valence-corrected chi connectivity index (χ4v) is 3.57. The van der Waals surface area contributed by atoms with E-state index in [0.717, 1.165) is 12.1 Å². The van der Waals surface area contributed by atoms with Gasteiger partial charge in [0.15, 0.2) is 17.5 Å². The number of carbonyl (C=O) groups is 1. The molecule has 1 fully saturated rings. The first-order valence-corrected chi connectivity index (χ1v) is 8.86.